The molecule has 31 heavy (non-hydrogen) atoms. The van der Waals surface area contributed by atoms with Crippen molar-refractivity contribution >= 4 is 49.5 Å². The number of thiazole rings is 1. The first-order valence-electron chi connectivity index (χ1n) is 10.2. The smallest absolute Gasteiger partial charge is 0.185 e. The minimum Gasteiger partial charge on any atom is -0.348 e. The lowest BCUT2D eigenvalue weighted by molar-refractivity contribution is 0.529. The molecule has 0 aliphatic carbocycles. The maximum Gasteiger partial charge on any atom is 0.185 e. The van der Waals surface area contributed by atoms with Crippen molar-refractivity contribution < 1.29 is 8.42 Å². The largest absolute Gasteiger partial charge is 0.348 e. The van der Waals surface area contributed by atoms with Gasteiger partial charge in [0.2, 0.25) is 0 Å². The third-order valence-electron chi connectivity index (χ3n) is 5.81. The van der Waals surface area contributed by atoms with Gasteiger partial charge in [-0.15, -0.1) is 11.3 Å². The topological polar surface area (TPSA) is 50.3 Å². The third kappa shape index (κ3) is 5.08. The molecule has 1 aliphatic heterocycles. The third-order valence-corrected chi connectivity index (χ3v) is 9.44. The highest BCUT2D eigenvalue weighted by molar-refractivity contribution is 7.92. The van der Waals surface area contributed by atoms with Crippen LogP contribution < -0.4 is 4.90 Å². The van der Waals surface area contributed by atoms with E-state index in [9.17, 15) is 8.42 Å². The van der Waals surface area contributed by atoms with Gasteiger partial charge in [-0.2, -0.15) is 0 Å². The summed E-state index contributed by atoms with van der Waals surface area (Å²) < 4.78 is 26.1. The van der Waals surface area contributed by atoms with Crippen LogP contribution in [-0.2, 0) is 16.3 Å². The van der Waals surface area contributed by atoms with Gasteiger partial charge in [0.1, 0.15) is 0 Å². The molecule has 8 heteroatoms. The Bertz CT molecular complexity index is 1180. The normalized spacial score (nSPS) is 15.4. The Balaban J connectivity index is 1.41. The zero-order valence-corrected chi connectivity index (χ0v) is 20.6. The first kappa shape index (κ1) is 22.6. The lowest BCUT2D eigenvalue weighted by Crippen LogP contribution is -2.39. The van der Waals surface area contributed by atoms with Gasteiger partial charge in [-0.1, -0.05) is 41.4 Å². The van der Waals surface area contributed by atoms with Crippen molar-refractivity contribution in [2.24, 2.45) is 0 Å². The SMILES string of the molecule is Cc1ccc(Cc2csc(N3CCC(S(=O)(=O)c4cc(Cl)cc(Cl)c4)CC3)n2)cc1C. The number of hydrogen-bond acceptors (Lipinski definition) is 5. The first-order chi connectivity index (χ1) is 14.7. The predicted molar refractivity (Wildman–Crippen MR) is 130 cm³/mol. The van der Waals surface area contributed by atoms with Crippen molar-refractivity contribution in [1.29, 1.82) is 0 Å². The standard InChI is InChI=1S/C23H24Cl2N2O2S2/c1-15-3-4-17(9-16(15)2)10-20-14-30-23(26-20)27-7-5-21(6-8-27)31(28,29)22-12-18(24)11-19(25)13-22/h3-4,9,11-14,21H,5-8,10H2,1-2H3. The van der Waals surface area contributed by atoms with Crippen molar-refractivity contribution in [2.45, 2.75) is 43.3 Å². The summed E-state index contributed by atoms with van der Waals surface area (Å²) >= 11 is 13.6. The summed E-state index contributed by atoms with van der Waals surface area (Å²) in [6, 6.07) is 11.0. The number of benzene rings is 2. The van der Waals surface area contributed by atoms with Crippen LogP contribution >= 0.6 is 34.5 Å². The van der Waals surface area contributed by atoms with Crippen molar-refractivity contribution in [2.75, 3.05) is 18.0 Å². The number of rotatable bonds is 5. The molecule has 2 aromatic carbocycles. The molecule has 1 fully saturated rings. The van der Waals surface area contributed by atoms with Crippen LogP contribution in [0.1, 0.15) is 35.2 Å². The van der Waals surface area contributed by atoms with Gasteiger partial charge < -0.3 is 4.90 Å². The molecular weight excluding hydrogens is 471 g/mol. The molecule has 2 heterocycles. The summed E-state index contributed by atoms with van der Waals surface area (Å²) in [6.45, 7) is 5.56. The Hall–Kier alpha value is -1.60. The number of hydrogen-bond donors (Lipinski definition) is 0. The first-order valence-corrected chi connectivity index (χ1v) is 13.4. The number of halogens is 2. The second-order valence-corrected chi connectivity index (χ2v) is 12.0. The second kappa shape index (κ2) is 9.10. The van der Waals surface area contributed by atoms with Gasteiger partial charge in [-0.25, -0.2) is 13.4 Å². The minimum absolute atomic E-state index is 0.202. The molecule has 0 spiro atoms. The summed E-state index contributed by atoms with van der Waals surface area (Å²) in [4.78, 5) is 7.20. The molecule has 0 unspecified atom stereocenters. The average Bonchev–Trinajstić information content (AvgIpc) is 3.18. The van der Waals surface area contributed by atoms with Gasteiger partial charge >= 0.3 is 0 Å². The number of aryl methyl sites for hydroxylation is 2. The van der Waals surface area contributed by atoms with E-state index in [2.05, 4.69) is 42.3 Å². The monoisotopic (exact) mass is 494 g/mol. The number of sulfone groups is 1. The second-order valence-electron chi connectivity index (χ2n) is 8.05. The van der Waals surface area contributed by atoms with Crippen LogP contribution in [0.25, 0.3) is 0 Å². The Kier molecular flexibility index (Phi) is 6.63. The number of piperidine rings is 1. The van der Waals surface area contributed by atoms with E-state index in [0.717, 1.165) is 17.2 Å². The molecule has 0 amide bonds. The van der Waals surface area contributed by atoms with E-state index in [1.807, 2.05) is 0 Å². The van der Waals surface area contributed by atoms with Gasteiger partial charge in [0.05, 0.1) is 15.8 Å². The van der Waals surface area contributed by atoms with Gasteiger partial charge in [0, 0.05) is 34.9 Å². The molecule has 4 rings (SSSR count). The number of nitrogens with zero attached hydrogens (tertiary/aromatic N) is 2. The Morgan fingerprint density at radius 1 is 1.03 bits per heavy atom. The van der Waals surface area contributed by atoms with Crippen molar-refractivity contribution in [1.82, 2.24) is 4.98 Å². The molecule has 1 saturated heterocycles. The maximum atomic E-state index is 13.0. The van der Waals surface area contributed by atoms with Crippen molar-refractivity contribution in [3.05, 3.63) is 74.2 Å². The van der Waals surface area contributed by atoms with E-state index in [0.29, 0.717) is 36.0 Å². The summed E-state index contributed by atoms with van der Waals surface area (Å²) in [5, 5.41) is 3.29. The van der Waals surface area contributed by atoms with E-state index in [-0.39, 0.29) is 4.90 Å². The fourth-order valence-corrected chi connectivity index (χ4v) is 7.22. The van der Waals surface area contributed by atoms with Crippen LogP contribution in [0.15, 0.2) is 46.7 Å². The molecule has 0 bridgehead atoms. The predicted octanol–water partition coefficient (Wildman–Crippen LogP) is 6.10. The molecule has 0 saturated carbocycles. The number of aromatic nitrogens is 1. The molecular formula is C23H24Cl2N2O2S2. The van der Waals surface area contributed by atoms with Crippen LogP contribution in [0.3, 0.4) is 0 Å². The zero-order valence-electron chi connectivity index (χ0n) is 17.4. The summed E-state index contributed by atoms with van der Waals surface area (Å²) in [5.74, 6) is 0. The van der Waals surface area contributed by atoms with Crippen LogP contribution in [0.2, 0.25) is 10.0 Å². The van der Waals surface area contributed by atoms with Crippen LogP contribution in [0.5, 0.6) is 0 Å². The van der Waals surface area contributed by atoms with Gasteiger partial charge in [0.25, 0.3) is 0 Å². The molecule has 0 atom stereocenters. The summed E-state index contributed by atoms with van der Waals surface area (Å²) in [5.41, 5.74) is 4.88. The van der Waals surface area contributed by atoms with Gasteiger partial charge in [-0.3, -0.25) is 0 Å². The summed E-state index contributed by atoms with van der Waals surface area (Å²) in [7, 11) is -3.47. The zero-order chi connectivity index (χ0) is 22.2. The van der Waals surface area contributed by atoms with Crippen LogP contribution in [0.4, 0.5) is 5.13 Å². The van der Waals surface area contributed by atoms with Crippen molar-refractivity contribution in [3.8, 4) is 0 Å². The fraction of sp³-hybridized carbons (Fsp3) is 0.348. The lowest BCUT2D eigenvalue weighted by Gasteiger charge is -2.31. The highest BCUT2D eigenvalue weighted by atomic mass is 35.5. The van der Waals surface area contributed by atoms with E-state index < -0.39 is 15.1 Å². The lowest BCUT2D eigenvalue weighted by atomic mass is 10.0. The van der Waals surface area contributed by atoms with E-state index in [4.69, 9.17) is 28.2 Å². The maximum absolute atomic E-state index is 13.0. The summed E-state index contributed by atoms with van der Waals surface area (Å²) in [6.07, 6.45) is 1.91. The molecule has 1 aromatic heterocycles. The van der Waals surface area contributed by atoms with Crippen LogP contribution in [-0.4, -0.2) is 31.7 Å². The van der Waals surface area contributed by atoms with Crippen molar-refractivity contribution in [3.63, 3.8) is 0 Å². The average molecular weight is 495 g/mol. The van der Waals surface area contributed by atoms with Gasteiger partial charge in [0.15, 0.2) is 15.0 Å². The van der Waals surface area contributed by atoms with E-state index >= 15 is 0 Å². The molecule has 0 N–H and O–H groups in total. The fourth-order valence-electron chi connectivity index (χ4n) is 3.89. The Labute approximate surface area is 197 Å². The quantitative estimate of drug-likeness (QED) is 0.429. The minimum atomic E-state index is -3.47. The molecule has 164 valence electrons. The van der Waals surface area contributed by atoms with Gasteiger partial charge in [-0.05, 0) is 61.6 Å². The molecule has 3 aromatic rings. The molecule has 4 nitrogen and oxygen atoms in total. The Morgan fingerprint density at radius 3 is 2.35 bits per heavy atom. The van der Waals surface area contributed by atoms with E-state index in [1.54, 1.807) is 17.4 Å². The molecule has 1 aliphatic rings. The van der Waals surface area contributed by atoms with Crippen LogP contribution in [0, 0.1) is 13.8 Å². The van der Waals surface area contributed by atoms with E-state index in [1.165, 1.54) is 28.8 Å². The Morgan fingerprint density at radius 2 is 1.71 bits per heavy atom. The number of anilines is 1. The molecule has 0 radical (unpaired) electrons. The highest BCUT2D eigenvalue weighted by Crippen LogP contribution is 2.31. The highest BCUT2D eigenvalue weighted by Gasteiger charge is 2.32.